The van der Waals surface area contributed by atoms with Crippen molar-refractivity contribution in [2.75, 3.05) is 0 Å². The number of nitrogens with zero attached hydrogens (tertiary/aromatic N) is 4. The molecule has 3 aliphatic rings. The van der Waals surface area contributed by atoms with E-state index < -0.39 is 38.1 Å². The predicted octanol–water partition coefficient (Wildman–Crippen LogP) is 9.45. The van der Waals surface area contributed by atoms with Crippen LogP contribution >= 0.6 is 67.2 Å². The zero-order valence-electron chi connectivity index (χ0n) is 29.3. The number of rotatable bonds is 8. The molecule has 14 nitrogen and oxygen atoms in total. The van der Waals surface area contributed by atoms with E-state index in [1.807, 2.05) is 30.3 Å². The van der Waals surface area contributed by atoms with Crippen molar-refractivity contribution in [3.63, 3.8) is 0 Å². The number of nitro groups is 2. The van der Waals surface area contributed by atoms with Crippen LogP contribution < -0.4 is 10.5 Å². The molecule has 0 radical (unpaired) electrons. The van der Waals surface area contributed by atoms with E-state index in [0.29, 0.717) is 19.8 Å². The summed E-state index contributed by atoms with van der Waals surface area (Å²) in [6.45, 7) is 3.03. The molecule has 6 rings (SSSR count). The van der Waals surface area contributed by atoms with Gasteiger partial charge in [-0.1, -0.05) is 87.9 Å². The third-order valence-electron chi connectivity index (χ3n) is 8.37. The fourth-order valence-corrected chi connectivity index (χ4v) is 9.37. The van der Waals surface area contributed by atoms with Gasteiger partial charge in [-0.25, -0.2) is 22.4 Å². The SMILES string of the molecule is CC1(C)C(=O)N(Cl)C(=O)N1Cl.NC1CCCC1.O=[N+]([O-])c1ccc(Br)cc1S(=O)(=O)NC1CCCC1.O=[N+]([O-])c1ccc(Br)cc1SCc1ccccc1. The summed E-state index contributed by atoms with van der Waals surface area (Å²) in [5.74, 6) is 0.206. The molecule has 54 heavy (non-hydrogen) atoms. The average molecular weight is 956 g/mol. The Hall–Kier alpha value is -2.84. The van der Waals surface area contributed by atoms with Gasteiger partial charge in [-0.05, 0) is 69.4 Å². The fourth-order valence-electron chi connectivity index (χ4n) is 5.35. The van der Waals surface area contributed by atoms with E-state index in [1.54, 1.807) is 12.1 Å². The maximum Gasteiger partial charge on any atom is 0.357 e. The lowest BCUT2D eigenvalue weighted by Gasteiger charge is -2.18. The number of hydrogen-bond acceptors (Lipinski definition) is 10. The van der Waals surface area contributed by atoms with Crippen molar-refractivity contribution in [3.8, 4) is 0 Å². The van der Waals surface area contributed by atoms with Crippen LogP contribution in [0, 0.1) is 20.2 Å². The number of urea groups is 1. The minimum absolute atomic E-state index is 0.122. The Morgan fingerprint density at radius 3 is 1.83 bits per heavy atom. The number of carbonyl (C=O) groups is 2. The van der Waals surface area contributed by atoms with Crippen LogP contribution in [-0.4, -0.2) is 56.7 Å². The normalized spacial score (nSPS) is 16.9. The molecule has 294 valence electrons. The number of hydrogen-bond donors (Lipinski definition) is 2. The smallest absolute Gasteiger partial charge is 0.328 e. The zero-order chi connectivity index (χ0) is 40.2. The molecule has 3 aromatic rings. The summed E-state index contributed by atoms with van der Waals surface area (Å²) in [6.07, 6.45) is 8.77. The number of carbonyl (C=O) groups excluding carboxylic acids is 2. The Kier molecular flexibility index (Phi) is 17.6. The largest absolute Gasteiger partial charge is 0.357 e. The molecule has 3 aromatic carbocycles. The van der Waals surface area contributed by atoms with E-state index in [2.05, 4.69) is 36.6 Å². The quantitative estimate of drug-likeness (QED) is 0.0721. The minimum atomic E-state index is -3.86. The summed E-state index contributed by atoms with van der Waals surface area (Å²) >= 11 is 18.7. The van der Waals surface area contributed by atoms with Gasteiger partial charge in [0.05, 0.1) is 14.7 Å². The van der Waals surface area contributed by atoms with Gasteiger partial charge < -0.3 is 5.73 Å². The van der Waals surface area contributed by atoms with Crippen molar-refractivity contribution in [3.05, 3.63) is 101 Å². The first-order valence-corrected chi connectivity index (χ1v) is 21.4. The second-order valence-corrected chi connectivity index (χ2v) is 18.1. The summed E-state index contributed by atoms with van der Waals surface area (Å²) in [5.41, 5.74) is 5.39. The molecule has 3 amide bonds. The van der Waals surface area contributed by atoms with E-state index in [1.165, 1.54) is 75.6 Å². The van der Waals surface area contributed by atoms with Gasteiger partial charge in [0.1, 0.15) is 5.54 Å². The summed E-state index contributed by atoms with van der Waals surface area (Å²) in [5, 5.41) is 21.8. The number of imide groups is 1. The monoisotopic (exact) mass is 952 g/mol. The van der Waals surface area contributed by atoms with Crippen molar-refractivity contribution >= 4 is 101 Å². The van der Waals surface area contributed by atoms with Crippen LogP contribution in [0.4, 0.5) is 16.2 Å². The Morgan fingerprint density at radius 1 is 0.870 bits per heavy atom. The summed E-state index contributed by atoms with van der Waals surface area (Å²) in [4.78, 5) is 43.2. The first-order valence-electron chi connectivity index (χ1n) is 16.7. The van der Waals surface area contributed by atoms with Crippen LogP contribution in [0.25, 0.3) is 0 Å². The summed E-state index contributed by atoms with van der Waals surface area (Å²) in [7, 11) is -3.86. The van der Waals surface area contributed by atoms with Crippen LogP contribution in [0.1, 0.15) is 70.8 Å². The van der Waals surface area contributed by atoms with E-state index >= 15 is 0 Å². The van der Waals surface area contributed by atoms with Crippen molar-refractivity contribution in [1.29, 1.82) is 0 Å². The lowest BCUT2D eigenvalue weighted by molar-refractivity contribution is -0.388. The molecule has 0 unspecified atom stereocenters. The number of nitro benzene ring substituents is 2. The maximum absolute atomic E-state index is 12.2. The molecule has 1 saturated heterocycles. The van der Waals surface area contributed by atoms with Crippen LogP contribution in [0.3, 0.4) is 0 Å². The van der Waals surface area contributed by atoms with Gasteiger partial charge in [0.15, 0.2) is 4.90 Å². The third kappa shape index (κ3) is 13.1. The molecule has 1 aliphatic heterocycles. The molecular formula is C34H40Br2Cl2N6O8S2. The highest BCUT2D eigenvalue weighted by Crippen LogP contribution is 2.34. The standard InChI is InChI=1S/C13H10BrNO2S.C11H13BrN2O4S.C5H6Cl2N2O2.C5H11N/c14-11-6-7-12(15(16)17)13(8-11)18-9-10-4-2-1-3-5-10;12-8-5-6-10(14(15)16)11(7-8)19(17,18)13-9-3-1-2-4-9;1-5(2)3(10)8(6)4(11)9(5)7;6-5-3-1-2-4-5/h1-8H,9H2;5-7,9,13H,1-4H2;1-2H3;5H,1-4,6H2. The number of nitrogens with one attached hydrogen (secondary N) is 1. The van der Waals surface area contributed by atoms with Gasteiger partial charge in [-0.15, -0.1) is 11.8 Å². The molecule has 0 spiro atoms. The highest BCUT2D eigenvalue weighted by molar-refractivity contribution is 9.10. The number of benzene rings is 3. The van der Waals surface area contributed by atoms with Gasteiger partial charge in [0.25, 0.3) is 17.3 Å². The summed E-state index contributed by atoms with van der Waals surface area (Å²) in [6, 6.07) is 18.5. The lowest BCUT2D eigenvalue weighted by atomic mass is 10.1. The number of sulfonamides is 1. The Labute approximate surface area is 345 Å². The van der Waals surface area contributed by atoms with Crippen LogP contribution in [0.15, 0.2) is 85.5 Å². The molecule has 1 heterocycles. The van der Waals surface area contributed by atoms with E-state index in [-0.39, 0.29) is 21.5 Å². The molecule has 0 aromatic heterocycles. The van der Waals surface area contributed by atoms with Crippen LogP contribution in [0.5, 0.6) is 0 Å². The van der Waals surface area contributed by atoms with Gasteiger partial charge in [0, 0.05) is 62.5 Å². The first-order chi connectivity index (χ1) is 25.3. The molecule has 2 saturated carbocycles. The first kappa shape index (κ1) is 45.5. The summed E-state index contributed by atoms with van der Waals surface area (Å²) < 4.78 is 29.6. The van der Waals surface area contributed by atoms with Crippen LogP contribution in [-0.2, 0) is 20.6 Å². The molecule has 2 aliphatic carbocycles. The maximum atomic E-state index is 12.2. The third-order valence-corrected chi connectivity index (χ3v) is 12.9. The number of amides is 3. The Balaban J connectivity index is 0.000000207. The second-order valence-electron chi connectivity index (χ2n) is 12.9. The van der Waals surface area contributed by atoms with E-state index in [0.717, 1.165) is 45.9 Å². The molecular weight excluding hydrogens is 915 g/mol. The second kappa shape index (κ2) is 20.9. The molecule has 20 heteroatoms. The molecule has 3 N–H and O–H groups in total. The van der Waals surface area contributed by atoms with Gasteiger partial charge >= 0.3 is 6.03 Å². The predicted molar refractivity (Wildman–Crippen MR) is 216 cm³/mol. The van der Waals surface area contributed by atoms with Gasteiger partial charge in [-0.3, -0.25) is 25.0 Å². The molecule has 0 bridgehead atoms. The Morgan fingerprint density at radius 2 is 1.39 bits per heavy atom. The highest BCUT2D eigenvalue weighted by Gasteiger charge is 2.51. The van der Waals surface area contributed by atoms with E-state index in [9.17, 15) is 38.2 Å². The minimum Gasteiger partial charge on any atom is -0.328 e. The number of thioether (sulfide) groups is 1. The number of halogens is 4. The van der Waals surface area contributed by atoms with Crippen molar-refractivity contribution in [2.24, 2.45) is 5.73 Å². The van der Waals surface area contributed by atoms with Crippen molar-refractivity contribution in [1.82, 2.24) is 13.6 Å². The fraction of sp³-hybridized carbons (Fsp3) is 0.412. The molecule has 0 atom stereocenters. The zero-order valence-corrected chi connectivity index (χ0v) is 35.6. The highest BCUT2D eigenvalue weighted by atomic mass is 79.9. The topological polar surface area (TPSA) is 199 Å². The van der Waals surface area contributed by atoms with Gasteiger partial charge in [0.2, 0.25) is 10.0 Å². The van der Waals surface area contributed by atoms with Crippen molar-refractivity contribution < 1.29 is 27.9 Å². The van der Waals surface area contributed by atoms with Gasteiger partial charge in [-0.2, -0.15) is 4.42 Å². The average Bonchev–Trinajstić information content (AvgIpc) is 3.86. The molecule has 3 fully saturated rings. The van der Waals surface area contributed by atoms with Crippen LogP contribution in [0.2, 0.25) is 0 Å². The van der Waals surface area contributed by atoms with Crippen molar-refractivity contribution in [2.45, 2.75) is 98.4 Å². The van der Waals surface area contributed by atoms with E-state index in [4.69, 9.17) is 29.3 Å². The lowest BCUT2D eigenvalue weighted by Crippen LogP contribution is -2.38. The number of nitrogens with two attached hydrogens (primary N) is 1. The Bertz CT molecular complexity index is 1900.